The van der Waals surface area contributed by atoms with Gasteiger partial charge in [0.05, 0.1) is 24.4 Å². The van der Waals surface area contributed by atoms with Gasteiger partial charge in [-0.05, 0) is 38.4 Å². The van der Waals surface area contributed by atoms with Gasteiger partial charge >= 0.3 is 0 Å². The highest BCUT2D eigenvalue weighted by atomic mass is 16.5. The van der Waals surface area contributed by atoms with E-state index in [2.05, 4.69) is 36.0 Å². The molecule has 1 aromatic carbocycles. The molecule has 2 N–H and O–H groups in total. The zero-order valence-corrected chi connectivity index (χ0v) is 16.5. The van der Waals surface area contributed by atoms with Crippen molar-refractivity contribution in [2.45, 2.75) is 52.2 Å². The topological polar surface area (TPSA) is 57.6 Å². The number of ether oxygens (including phenoxy) is 1. The third-order valence-corrected chi connectivity index (χ3v) is 4.90. The summed E-state index contributed by atoms with van der Waals surface area (Å²) >= 11 is 0. The number of unbranched alkanes of at least 4 members (excludes halogenated alkanes) is 1. The summed E-state index contributed by atoms with van der Waals surface area (Å²) in [6.45, 7) is 8.83. The number of pyridine rings is 1. The van der Waals surface area contributed by atoms with Crippen molar-refractivity contribution in [3.63, 3.8) is 0 Å². The molecule has 5 nitrogen and oxygen atoms in total. The number of aromatic nitrogens is 1. The lowest BCUT2D eigenvalue weighted by Gasteiger charge is -2.30. The Labute approximate surface area is 157 Å². The highest BCUT2D eigenvalue weighted by Crippen LogP contribution is 2.27. The fraction of sp³-hybridized carbons (Fsp3) is 0.571. The number of nitrogens with one attached hydrogen (secondary N) is 1. The molecule has 0 radical (unpaired) electrons. The van der Waals surface area contributed by atoms with E-state index in [4.69, 9.17) is 4.74 Å². The van der Waals surface area contributed by atoms with Gasteiger partial charge in [0.25, 0.3) is 0 Å². The Morgan fingerprint density at radius 1 is 1.31 bits per heavy atom. The number of methoxy groups -OCH3 is 1. The van der Waals surface area contributed by atoms with E-state index in [0.29, 0.717) is 19.1 Å². The van der Waals surface area contributed by atoms with Crippen molar-refractivity contribution >= 4 is 16.6 Å². The molecule has 2 aromatic rings. The molecular formula is C21H33N3O2. The van der Waals surface area contributed by atoms with E-state index in [-0.39, 0.29) is 0 Å². The molecule has 144 valence electrons. The zero-order valence-electron chi connectivity index (χ0n) is 16.5. The molecule has 2 rings (SSSR count). The normalized spacial score (nSPS) is 13.8. The number of hydrogen-bond acceptors (Lipinski definition) is 5. The van der Waals surface area contributed by atoms with Crippen LogP contribution in [-0.2, 0) is 0 Å². The second-order valence-corrected chi connectivity index (χ2v) is 6.89. The van der Waals surface area contributed by atoms with Gasteiger partial charge in [-0.25, -0.2) is 0 Å². The Bertz CT molecular complexity index is 677. The lowest BCUT2D eigenvalue weighted by atomic mass is 10.1. The smallest absolute Gasteiger partial charge is 0.121 e. The molecule has 1 heterocycles. The van der Waals surface area contributed by atoms with Crippen molar-refractivity contribution in [3.8, 4) is 5.75 Å². The fourth-order valence-electron chi connectivity index (χ4n) is 3.09. The number of benzene rings is 1. The van der Waals surface area contributed by atoms with Crippen molar-refractivity contribution in [1.29, 1.82) is 0 Å². The number of fused-ring (bicyclic) bond motifs is 1. The summed E-state index contributed by atoms with van der Waals surface area (Å²) in [6.07, 6.45) is 4.77. The third kappa shape index (κ3) is 5.58. The van der Waals surface area contributed by atoms with Gasteiger partial charge in [0, 0.05) is 36.8 Å². The lowest BCUT2D eigenvalue weighted by Crippen LogP contribution is -2.41. The summed E-state index contributed by atoms with van der Waals surface area (Å²) in [6, 6.07) is 8.32. The minimum atomic E-state index is -0.439. The Kier molecular flexibility index (Phi) is 8.13. The van der Waals surface area contributed by atoms with Crippen molar-refractivity contribution < 1.29 is 9.84 Å². The molecule has 0 aliphatic carbocycles. The summed E-state index contributed by atoms with van der Waals surface area (Å²) in [7, 11) is 1.66. The quantitative estimate of drug-likeness (QED) is 0.637. The standard InChI is InChI=1S/C21H33N3O2/c1-5-7-11-24(16(3)6-2)15-18(25)14-23-20-13-19(26-4)12-17-9-8-10-22-21(17)20/h8-10,12-13,16,18,23,25H,5-7,11,14-15H2,1-4H3. The second-order valence-electron chi connectivity index (χ2n) is 6.89. The predicted molar refractivity (Wildman–Crippen MR) is 109 cm³/mol. The van der Waals surface area contributed by atoms with E-state index in [1.165, 1.54) is 6.42 Å². The summed E-state index contributed by atoms with van der Waals surface area (Å²) < 4.78 is 5.39. The van der Waals surface area contributed by atoms with Crippen LogP contribution in [0.25, 0.3) is 10.9 Å². The first-order chi connectivity index (χ1) is 12.6. The van der Waals surface area contributed by atoms with Gasteiger partial charge in [0.2, 0.25) is 0 Å². The number of nitrogens with zero attached hydrogens (tertiary/aromatic N) is 2. The molecule has 0 bridgehead atoms. The Morgan fingerprint density at radius 2 is 2.12 bits per heavy atom. The van der Waals surface area contributed by atoms with Crippen molar-refractivity contribution in [1.82, 2.24) is 9.88 Å². The van der Waals surface area contributed by atoms with Gasteiger partial charge in [-0.1, -0.05) is 26.3 Å². The first-order valence-corrected chi connectivity index (χ1v) is 9.67. The number of rotatable bonds is 11. The molecule has 1 aromatic heterocycles. The zero-order chi connectivity index (χ0) is 18.9. The van der Waals surface area contributed by atoms with Crippen LogP contribution in [0, 0.1) is 0 Å². The van der Waals surface area contributed by atoms with Crippen LogP contribution in [-0.4, -0.2) is 53.9 Å². The van der Waals surface area contributed by atoms with Crippen LogP contribution in [0.2, 0.25) is 0 Å². The summed E-state index contributed by atoms with van der Waals surface area (Å²) in [5.41, 5.74) is 1.79. The van der Waals surface area contributed by atoms with Gasteiger partial charge in [0.15, 0.2) is 0 Å². The number of hydrogen-bond donors (Lipinski definition) is 2. The van der Waals surface area contributed by atoms with Gasteiger partial charge < -0.3 is 15.2 Å². The molecule has 2 atom stereocenters. The highest BCUT2D eigenvalue weighted by Gasteiger charge is 2.16. The largest absolute Gasteiger partial charge is 0.497 e. The highest BCUT2D eigenvalue weighted by molar-refractivity contribution is 5.91. The van der Waals surface area contributed by atoms with E-state index in [1.807, 2.05) is 24.3 Å². The molecule has 0 spiro atoms. The summed E-state index contributed by atoms with van der Waals surface area (Å²) in [5.74, 6) is 0.784. The van der Waals surface area contributed by atoms with Crippen molar-refractivity contribution in [3.05, 3.63) is 30.5 Å². The van der Waals surface area contributed by atoms with Gasteiger partial charge in [0.1, 0.15) is 5.75 Å². The van der Waals surface area contributed by atoms with Crippen LogP contribution in [0.15, 0.2) is 30.5 Å². The fourth-order valence-corrected chi connectivity index (χ4v) is 3.09. The molecule has 0 saturated heterocycles. The molecular weight excluding hydrogens is 326 g/mol. The van der Waals surface area contributed by atoms with Crippen molar-refractivity contribution in [2.75, 3.05) is 32.1 Å². The van der Waals surface area contributed by atoms with E-state index in [9.17, 15) is 5.11 Å². The van der Waals surface area contributed by atoms with Crippen LogP contribution in [0.4, 0.5) is 5.69 Å². The van der Waals surface area contributed by atoms with E-state index >= 15 is 0 Å². The second kappa shape index (κ2) is 10.3. The van der Waals surface area contributed by atoms with E-state index in [0.717, 1.165) is 41.7 Å². The van der Waals surface area contributed by atoms with Crippen LogP contribution in [0.1, 0.15) is 40.0 Å². The Hall–Kier alpha value is -1.85. The molecule has 0 saturated carbocycles. The minimum absolute atomic E-state index is 0.439. The van der Waals surface area contributed by atoms with E-state index in [1.54, 1.807) is 13.3 Å². The number of anilines is 1. The predicted octanol–water partition coefficient (Wildman–Crippen LogP) is 3.92. The number of aliphatic hydroxyl groups is 1. The molecule has 26 heavy (non-hydrogen) atoms. The maximum Gasteiger partial charge on any atom is 0.121 e. The van der Waals surface area contributed by atoms with Crippen LogP contribution in [0.5, 0.6) is 5.75 Å². The lowest BCUT2D eigenvalue weighted by molar-refractivity contribution is 0.0963. The Balaban J connectivity index is 2.04. The van der Waals surface area contributed by atoms with Crippen LogP contribution < -0.4 is 10.1 Å². The third-order valence-electron chi connectivity index (χ3n) is 4.90. The molecule has 0 aliphatic heterocycles. The maximum atomic E-state index is 10.6. The minimum Gasteiger partial charge on any atom is -0.497 e. The number of aliphatic hydroxyl groups excluding tert-OH is 1. The average Bonchev–Trinajstić information content (AvgIpc) is 2.68. The average molecular weight is 360 g/mol. The Morgan fingerprint density at radius 3 is 2.81 bits per heavy atom. The molecule has 2 unspecified atom stereocenters. The first-order valence-electron chi connectivity index (χ1n) is 9.67. The molecule has 5 heteroatoms. The summed E-state index contributed by atoms with van der Waals surface area (Å²) in [4.78, 5) is 6.85. The van der Waals surface area contributed by atoms with Gasteiger partial charge in [-0.2, -0.15) is 0 Å². The van der Waals surface area contributed by atoms with Gasteiger partial charge in [-0.15, -0.1) is 0 Å². The monoisotopic (exact) mass is 359 g/mol. The SMILES string of the molecule is CCCCN(CC(O)CNc1cc(OC)cc2cccnc12)C(C)CC. The van der Waals surface area contributed by atoms with Crippen LogP contribution >= 0.6 is 0 Å². The maximum absolute atomic E-state index is 10.6. The summed E-state index contributed by atoms with van der Waals surface area (Å²) in [5, 5.41) is 15.0. The molecule has 0 amide bonds. The van der Waals surface area contributed by atoms with E-state index < -0.39 is 6.10 Å². The van der Waals surface area contributed by atoms with Crippen molar-refractivity contribution in [2.24, 2.45) is 0 Å². The van der Waals surface area contributed by atoms with Gasteiger partial charge in [-0.3, -0.25) is 9.88 Å². The molecule has 0 aliphatic rings. The molecule has 0 fully saturated rings. The first kappa shape index (κ1) is 20.5. The van der Waals surface area contributed by atoms with Crippen LogP contribution in [0.3, 0.4) is 0 Å².